The third kappa shape index (κ3) is 3.61. The number of imidazole rings is 1. The molecule has 2 aliphatic rings. The third-order valence-electron chi connectivity index (χ3n) is 5.70. The zero-order valence-corrected chi connectivity index (χ0v) is 17.0. The van der Waals surface area contributed by atoms with Crippen LogP contribution in [0.25, 0.3) is 0 Å². The van der Waals surface area contributed by atoms with E-state index in [2.05, 4.69) is 10.3 Å². The highest BCUT2D eigenvalue weighted by Crippen LogP contribution is 2.37. The summed E-state index contributed by atoms with van der Waals surface area (Å²) >= 11 is 0. The summed E-state index contributed by atoms with van der Waals surface area (Å²) in [5, 5.41) is 3.11. The second-order valence-corrected chi connectivity index (χ2v) is 7.69. The maximum Gasteiger partial charge on any atom is 0.231 e. The number of amides is 2. The van der Waals surface area contributed by atoms with Crippen LogP contribution in [-0.2, 0) is 16.6 Å². The predicted molar refractivity (Wildman–Crippen MR) is 113 cm³/mol. The van der Waals surface area contributed by atoms with E-state index in [0.717, 1.165) is 11.4 Å². The van der Waals surface area contributed by atoms with E-state index in [1.165, 1.54) is 0 Å². The van der Waals surface area contributed by atoms with Crippen LogP contribution in [0.4, 0.5) is 5.69 Å². The van der Waals surface area contributed by atoms with E-state index >= 15 is 0 Å². The first-order valence-corrected chi connectivity index (χ1v) is 10.1. The van der Waals surface area contributed by atoms with Gasteiger partial charge >= 0.3 is 0 Å². The molecule has 1 fully saturated rings. The van der Waals surface area contributed by atoms with Gasteiger partial charge in [-0.1, -0.05) is 30.3 Å². The van der Waals surface area contributed by atoms with Crippen molar-refractivity contribution in [3.05, 3.63) is 72.3 Å². The summed E-state index contributed by atoms with van der Waals surface area (Å²) < 4.78 is 12.6. The Balaban J connectivity index is 1.35. The number of carbonyl (C=O) groups is 2. The minimum absolute atomic E-state index is 0.0905. The predicted octanol–water partition coefficient (Wildman–Crippen LogP) is 2.41. The van der Waals surface area contributed by atoms with Crippen molar-refractivity contribution in [1.29, 1.82) is 0 Å². The van der Waals surface area contributed by atoms with Crippen molar-refractivity contribution in [2.75, 3.05) is 18.2 Å². The number of nitrogens with zero attached hydrogens (tertiary/aromatic N) is 3. The molecule has 2 aliphatic heterocycles. The number of anilines is 1. The van der Waals surface area contributed by atoms with Crippen LogP contribution in [0, 0.1) is 5.92 Å². The van der Waals surface area contributed by atoms with Gasteiger partial charge in [0, 0.05) is 44.2 Å². The molecule has 0 radical (unpaired) electrons. The number of benzene rings is 2. The maximum absolute atomic E-state index is 13.2. The number of carbonyl (C=O) groups excluding carboxylic acids is 2. The first-order valence-electron chi connectivity index (χ1n) is 10.1. The SMILES string of the molecule is Cn1ccnc1C(NC(=O)C1CC(=O)N(c2ccc3c(c2)OCO3)C1)c1ccccc1. The Labute approximate surface area is 179 Å². The molecular weight excluding hydrogens is 396 g/mol. The topological polar surface area (TPSA) is 85.7 Å². The molecule has 0 spiro atoms. The van der Waals surface area contributed by atoms with Crippen molar-refractivity contribution in [1.82, 2.24) is 14.9 Å². The van der Waals surface area contributed by atoms with Gasteiger partial charge in [0.2, 0.25) is 18.6 Å². The molecule has 0 aliphatic carbocycles. The second-order valence-electron chi connectivity index (χ2n) is 7.69. The van der Waals surface area contributed by atoms with E-state index in [4.69, 9.17) is 9.47 Å². The van der Waals surface area contributed by atoms with Crippen LogP contribution in [0.2, 0.25) is 0 Å². The first kappa shape index (κ1) is 19.2. The van der Waals surface area contributed by atoms with Gasteiger partial charge in [-0.05, 0) is 17.7 Å². The van der Waals surface area contributed by atoms with Crippen molar-refractivity contribution in [3.63, 3.8) is 0 Å². The van der Waals surface area contributed by atoms with Gasteiger partial charge in [0.25, 0.3) is 0 Å². The van der Waals surface area contributed by atoms with Gasteiger partial charge in [0.05, 0.1) is 5.92 Å². The van der Waals surface area contributed by atoms with E-state index in [9.17, 15) is 9.59 Å². The number of aromatic nitrogens is 2. The van der Waals surface area contributed by atoms with Gasteiger partial charge in [0.15, 0.2) is 11.5 Å². The summed E-state index contributed by atoms with van der Waals surface area (Å²) in [6.07, 6.45) is 3.71. The third-order valence-corrected chi connectivity index (χ3v) is 5.70. The van der Waals surface area contributed by atoms with E-state index in [0.29, 0.717) is 23.7 Å². The van der Waals surface area contributed by atoms with Crippen LogP contribution in [0.3, 0.4) is 0 Å². The summed E-state index contributed by atoms with van der Waals surface area (Å²) in [6.45, 7) is 0.484. The molecule has 2 atom stereocenters. The Morgan fingerprint density at radius 2 is 1.97 bits per heavy atom. The summed E-state index contributed by atoms with van der Waals surface area (Å²) in [7, 11) is 1.89. The number of aryl methyl sites for hydroxylation is 1. The fraction of sp³-hybridized carbons (Fsp3) is 0.261. The van der Waals surface area contributed by atoms with Gasteiger partial charge < -0.3 is 24.3 Å². The van der Waals surface area contributed by atoms with Gasteiger partial charge in [-0.2, -0.15) is 0 Å². The van der Waals surface area contributed by atoms with Crippen molar-refractivity contribution in [2.45, 2.75) is 12.5 Å². The smallest absolute Gasteiger partial charge is 0.231 e. The Hall–Kier alpha value is -3.81. The quantitative estimate of drug-likeness (QED) is 0.688. The summed E-state index contributed by atoms with van der Waals surface area (Å²) in [5.41, 5.74) is 1.63. The van der Waals surface area contributed by atoms with Crippen molar-refractivity contribution in [3.8, 4) is 11.5 Å². The number of ether oxygens (including phenoxy) is 2. The summed E-state index contributed by atoms with van der Waals surface area (Å²) in [5.74, 6) is 1.28. The molecule has 2 aromatic carbocycles. The molecule has 2 unspecified atom stereocenters. The van der Waals surface area contributed by atoms with Gasteiger partial charge in [-0.15, -0.1) is 0 Å². The lowest BCUT2D eigenvalue weighted by molar-refractivity contribution is -0.126. The number of hydrogen-bond acceptors (Lipinski definition) is 5. The lowest BCUT2D eigenvalue weighted by Crippen LogP contribution is -2.37. The highest BCUT2D eigenvalue weighted by Gasteiger charge is 2.37. The normalized spacial score (nSPS) is 18.3. The molecule has 8 heteroatoms. The second kappa shape index (κ2) is 7.79. The zero-order chi connectivity index (χ0) is 21.4. The molecular formula is C23H22N4O4. The maximum atomic E-state index is 13.2. The Morgan fingerprint density at radius 3 is 2.74 bits per heavy atom. The monoisotopic (exact) mass is 418 g/mol. The Morgan fingerprint density at radius 1 is 1.16 bits per heavy atom. The van der Waals surface area contributed by atoms with E-state index < -0.39 is 12.0 Å². The molecule has 2 amide bonds. The van der Waals surface area contributed by atoms with Crippen molar-refractivity contribution in [2.24, 2.45) is 13.0 Å². The van der Waals surface area contributed by atoms with Crippen LogP contribution < -0.4 is 19.7 Å². The molecule has 1 saturated heterocycles. The fourth-order valence-corrected chi connectivity index (χ4v) is 4.04. The summed E-state index contributed by atoms with van der Waals surface area (Å²) in [6, 6.07) is 14.7. The largest absolute Gasteiger partial charge is 0.454 e. The average molecular weight is 418 g/mol. The summed E-state index contributed by atoms with van der Waals surface area (Å²) in [4.78, 5) is 31.9. The first-order chi connectivity index (χ1) is 15.1. The molecule has 8 nitrogen and oxygen atoms in total. The minimum Gasteiger partial charge on any atom is -0.454 e. The fourth-order valence-electron chi connectivity index (χ4n) is 4.04. The van der Waals surface area contributed by atoms with Crippen LogP contribution >= 0.6 is 0 Å². The molecule has 3 heterocycles. The van der Waals surface area contributed by atoms with Gasteiger partial charge in [-0.25, -0.2) is 4.98 Å². The van der Waals surface area contributed by atoms with Crippen molar-refractivity contribution >= 4 is 17.5 Å². The molecule has 1 N–H and O–H groups in total. The zero-order valence-electron chi connectivity index (χ0n) is 17.0. The number of nitrogens with one attached hydrogen (secondary N) is 1. The lowest BCUT2D eigenvalue weighted by atomic mass is 10.0. The van der Waals surface area contributed by atoms with Crippen molar-refractivity contribution < 1.29 is 19.1 Å². The van der Waals surface area contributed by atoms with E-state index in [1.807, 2.05) is 54.2 Å². The highest BCUT2D eigenvalue weighted by atomic mass is 16.7. The molecule has 3 aromatic rings. The standard InChI is InChI=1S/C23H22N4O4/c1-26-10-9-24-22(26)21(15-5-3-2-4-6-15)25-23(29)16-11-20(28)27(13-16)17-7-8-18-19(12-17)31-14-30-18/h2-10,12,16,21H,11,13-14H2,1H3,(H,25,29). The Bertz CT molecular complexity index is 1130. The number of rotatable bonds is 5. The molecule has 1 aromatic heterocycles. The number of fused-ring (bicyclic) bond motifs is 1. The van der Waals surface area contributed by atoms with E-state index in [1.54, 1.807) is 23.2 Å². The van der Waals surface area contributed by atoms with Crippen LogP contribution in [0.1, 0.15) is 23.9 Å². The van der Waals surface area contributed by atoms with Gasteiger partial charge in [-0.3, -0.25) is 9.59 Å². The lowest BCUT2D eigenvalue weighted by Gasteiger charge is -2.21. The van der Waals surface area contributed by atoms with Gasteiger partial charge in [0.1, 0.15) is 11.9 Å². The molecule has 158 valence electrons. The van der Waals surface area contributed by atoms with E-state index in [-0.39, 0.29) is 25.0 Å². The van der Waals surface area contributed by atoms with Crippen LogP contribution in [0.5, 0.6) is 11.5 Å². The number of hydrogen-bond donors (Lipinski definition) is 1. The van der Waals surface area contributed by atoms with Crippen LogP contribution in [0.15, 0.2) is 60.9 Å². The molecule has 5 rings (SSSR count). The minimum atomic E-state index is -0.454. The molecule has 0 saturated carbocycles. The molecule has 31 heavy (non-hydrogen) atoms. The highest BCUT2D eigenvalue weighted by molar-refractivity contribution is 6.00. The Kier molecular flexibility index (Phi) is 4.82. The van der Waals surface area contributed by atoms with Crippen LogP contribution in [-0.4, -0.2) is 34.7 Å². The average Bonchev–Trinajstić information content (AvgIpc) is 3.51. The molecule has 0 bridgehead atoms.